The molecule has 4 heteroatoms. The summed E-state index contributed by atoms with van der Waals surface area (Å²) in [5.41, 5.74) is 3.09. The maximum Gasteiger partial charge on any atom is 0.0920 e. The number of halogens is 1. The second-order valence-corrected chi connectivity index (χ2v) is 8.63. The zero-order valence-corrected chi connectivity index (χ0v) is 18.7. The van der Waals surface area contributed by atoms with Gasteiger partial charge in [0.05, 0.1) is 5.60 Å². The number of aryl methyl sites for hydroxylation is 1. The Morgan fingerprint density at radius 3 is 1.81 bits per heavy atom. The van der Waals surface area contributed by atoms with Gasteiger partial charge in [0.2, 0.25) is 0 Å². The number of hydrogen-bond donors (Lipinski definition) is 1. The zero-order valence-electron chi connectivity index (χ0n) is 17.9. The Morgan fingerprint density at radius 1 is 0.677 bits per heavy atom. The molecule has 0 spiro atoms. The van der Waals surface area contributed by atoms with Crippen LogP contribution in [-0.4, -0.2) is 34.2 Å². The molecule has 1 N–H and O–H groups in total. The first-order valence-electron chi connectivity index (χ1n) is 11.2. The van der Waals surface area contributed by atoms with Gasteiger partial charge in [0.25, 0.3) is 0 Å². The van der Waals surface area contributed by atoms with E-state index >= 15 is 0 Å². The SMILES string of the molecule is Cl.OC1(c2ccccc2)CCN(CCCCn2c3ccccc3c3ccccc32)CC1. The van der Waals surface area contributed by atoms with Crippen LogP contribution in [-0.2, 0) is 12.1 Å². The summed E-state index contributed by atoms with van der Waals surface area (Å²) in [6.07, 6.45) is 4.00. The number of piperidine rings is 1. The molecule has 0 bridgehead atoms. The molecule has 0 radical (unpaired) electrons. The smallest absolute Gasteiger partial charge is 0.0920 e. The number of unbranched alkanes of at least 4 members (excludes halogenated alkanes) is 1. The highest BCUT2D eigenvalue weighted by Crippen LogP contribution is 2.33. The number of likely N-dealkylation sites (tertiary alicyclic amines) is 1. The van der Waals surface area contributed by atoms with Gasteiger partial charge in [-0.05, 0) is 49.9 Å². The average molecular weight is 435 g/mol. The molecule has 0 saturated carbocycles. The third kappa shape index (κ3) is 4.36. The molecule has 1 fully saturated rings. The summed E-state index contributed by atoms with van der Waals surface area (Å²) in [7, 11) is 0. The maximum absolute atomic E-state index is 11.0. The number of rotatable bonds is 6. The van der Waals surface area contributed by atoms with Crippen molar-refractivity contribution in [2.24, 2.45) is 0 Å². The molecule has 0 amide bonds. The first kappa shape index (κ1) is 21.9. The number of para-hydroxylation sites is 2. The number of benzene rings is 3. The normalized spacial score (nSPS) is 16.4. The van der Waals surface area contributed by atoms with Crippen LogP contribution in [0.25, 0.3) is 21.8 Å². The summed E-state index contributed by atoms with van der Waals surface area (Å²) in [6, 6.07) is 27.7. The summed E-state index contributed by atoms with van der Waals surface area (Å²) < 4.78 is 2.48. The van der Waals surface area contributed by atoms with Crippen LogP contribution in [0.3, 0.4) is 0 Å². The predicted molar refractivity (Wildman–Crippen MR) is 132 cm³/mol. The minimum Gasteiger partial charge on any atom is -0.385 e. The second-order valence-electron chi connectivity index (χ2n) is 8.63. The lowest BCUT2D eigenvalue weighted by atomic mass is 9.84. The van der Waals surface area contributed by atoms with Crippen molar-refractivity contribution in [3.8, 4) is 0 Å². The van der Waals surface area contributed by atoms with Crippen molar-refractivity contribution >= 4 is 34.2 Å². The van der Waals surface area contributed by atoms with E-state index in [0.29, 0.717) is 0 Å². The van der Waals surface area contributed by atoms with E-state index in [-0.39, 0.29) is 12.4 Å². The topological polar surface area (TPSA) is 28.4 Å². The molecule has 162 valence electrons. The van der Waals surface area contributed by atoms with Crippen molar-refractivity contribution in [1.82, 2.24) is 9.47 Å². The Labute approximate surface area is 190 Å². The first-order chi connectivity index (χ1) is 14.7. The van der Waals surface area contributed by atoms with Crippen LogP contribution in [0.5, 0.6) is 0 Å². The van der Waals surface area contributed by atoms with E-state index in [1.165, 1.54) is 34.6 Å². The Hall–Kier alpha value is -2.33. The Kier molecular flexibility index (Phi) is 6.66. The molecule has 0 atom stereocenters. The molecular formula is C27H31ClN2O. The van der Waals surface area contributed by atoms with E-state index in [0.717, 1.165) is 44.6 Å². The lowest BCUT2D eigenvalue weighted by Gasteiger charge is -2.38. The molecule has 2 heterocycles. The predicted octanol–water partition coefficient (Wildman–Crippen LogP) is 5.98. The van der Waals surface area contributed by atoms with Crippen LogP contribution < -0.4 is 0 Å². The fourth-order valence-electron chi connectivity index (χ4n) is 5.03. The number of aromatic nitrogens is 1. The van der Waals surface area contributed by atoms with Gasteiger partial charge in [-0.1, -0.05) is 66.7 Å². The van der Waals surface area contributed by atoms with Crippen LogP contribution in [0.4, 0.5) is 0 Å². The third-order valence-corrected chi connectivity index (χ3v) is 6.78. The molecule has 1 saturated heterocycles. The van der Waals surface area contributed by atoms with Gasteiger partial charge >= 0.3 is 0 Å². The van der Waals surface area contributed by atoms with Gasteiger partial charge < -0.3 is 14.6 Å². The van der Waals surface area contributed by atoms with E-state index in [1.807, 2.05) is 18.2 Å². The fourth-order valence-corrected chi connectivity index (χ4v) is 5.03. The van der Waals surface area contributed by atoms with Crippen molar-refractivity contribution in [2.45, 2.75) is 37.8 Å². The summed E-state index contributed by atoms with van der Waals surface area (Å²) in [4.78, 5) is 2.52. The monoisotopic (exact) mass is 434 g/mol. The maximum atomic E-state index is 11.0. The summed E-state index contributed by atoms with van der Waals surface area (Å²) in [5.74, 6) is 0. The molecular weight excluding hydrogens is 404 g/mol. The van der Waals surface area contributed by atoms with Crippen LogP contribution in [0.1, 0.15) is 31.2 Å². The molecule has 3 aromatic carbocycles. The van der Waals surface area contributed by atoms with Crippen molar-refractivity contribution < 1.29 is 5.11 Å². The lowest BCUT2D eigenvalue weighted by molar-refractivity contribution is -0.0261. The van der Waals surface area contributed by atoms with E-state index < -0.39 is 5.60 Å². The van der Waals surface area contributed by atoms with Gasteiger partial charge in [0, 0.05) is 41.4 Å². The van der Waals surface area contributed by atoms with Crippen molar-refractivity contribution in [3.05, 3.63) is 84.4 Å². The standard InChI is InChI=1S/C27H30N2O.ClH/c30-27(22-10-2-1-3-11-22)16-20-28(21-17-27)18-8-9-19-29-25-14-6-4-12-23(25)24-13-5-7-15-26(24)29;/h1-7,10-15,30H,8-9,16-21H2;1H. The second kappa shape index (κ2) is 9.44. The van der Waals surface area contributed by atoms with Crippen LogP contribution in [0.15, 0.2) is 78.9 Å². The van der Waals surface area contributed by atoms with Gasteiger partial charge in [-0.3, -0.25) is 0 Å². The Morgan fingerprint density at radius 2 is 1.19 bits per heavy atom. The highest BCUT2D eigenvalue weighted by atomic mass is 35.5. The number of nitrogens with zero attached hydrogens (tertiary/aromatic N) is 2. The van der Waals surface area contributed by atoms with Gasteiger partial charge in [-0.15, -0.1) is 12.4 Å². The minimum absolute atomic E-state index is 0. The third-order valence-electron chi connectivity index (χ3n) is 6.78. The molecule has 5 rings (SSSR count). The van der Waals surface area contributed by atoms with Gasteiger partial charge in [0.1, 0.15) is 0 Å². The van der Waals surface area contributed by atoms with Crippen molar-refractivity contribution in [3.63, 3.8) is 0 Å². The van der Waals surface area contributed by atoms with E-state index in [1.54, 1.807) is 0 Å². The highest BCUT2D eigenvalue weighted by Gasteiger charge is 2.33. The van der Waals surface area contributed by atoms with Gasteiger partial charge in [-0.25, -0.2) is 0 Å². The summed E-state index contributed by atoms with van der Waals surface area (Å²) in [5, 5.41) is 13.7. The molecule has 0 aliphatic carbocycles. The average Bonchev–Trinajstić information content (AvgIpc) is 3.12. The molecule has 31 heavy (non-hydrogen) atoms. The summed E-state index contributed by atoms with van der Waals surface area (Å²) in [6.45, 7) is 4.11. The van der Waals surface area contributed by atoms with Gasteiger partial charge in [-0.2, -0.15) is 0 Å². The number of aliphatic hydroxyl groups is 1. The first-order valence-corrected chi connectivity index (χ1v) is 11.2. The van der Waals surface area contributed by atoms with Gasteiger partial charge in [0.15, 0.2) is 0 Å². The number of fused-ring (bicyclic) bond motifs is 3. The van der Waals surface area contributed by atoms with Crippen LogP contribution in [0.2, 0.25) is 0 Å². The van der Waals surface area contributed by atoms with Crippen LogP contribution >= 0.6 is 12.4 Å². The zero-order chi connectivity index (χ0) is 20.4. The molecule has 1 aromatic heterocycles. The quantitative estimate of drug-likeness (QED) is 0.378. The summed E-state index contributed by atoms with van der Waals surface area (Å²) >= 11 is 0. The Balaban J connectivity index is 0.00000231. The van der Waals surface area contributed by atoms with E-state index in [2.05, 4.69) is 70.1 Å². The molecule has 4 aromatic rings. The van der Waals surface area contributed by atoms with Crippen molar-refractivity contribution in [1.29, 1.82) is 0 Å². The van der Waals surface area contributed by atoms with E-state index in [4.69, 9.17) is 0 Å². The molecule has 3 nitrogen and oxygen atoms in total. The fraction of sp³-hybridized carbons (Fsp3) is 0.333. The number of hydrogen-bond acceptors (Lipinski definition) is 2. The van der Waals surface area contributed by atoms with E-state index in [9.17, 15) is 5.11 Å². The van der Waals surface area contributed by atoms with Crippen LogP contribution in [0, 0.1) is 0 Å². The lowest BCUT2D eigenvalue weighted by Crippen LogP contribution is -2.42. The molecule has 1 aliphatic rings. The highest BCUT2D eigenvalue weighted by molar-refractivity contribution is 6.07. The molecule has 1 aliphatic heterocycles. The van der Waals surface area contributed by atoms with Crippen molar-refractivity contribution in [2.75, 3.05) is 19.6 Å². The molecule has 0 unspecified atom stereocenters. The largest absolute Gasteiger partial charge is 0.385 e. The Bertz CT molecular complexity index is 1080. The minimum atomic E-state index is -0.652.